The zero-order valence-electron chi connectivity index (χ0n) is 25.2. The van der Waals surface area contributed by atoms with E-state index < -0.39 is 50.8 Å². The molecule has 0 spiro atoms. The predicted octanol–water partition coefficient (Wildman–Crippen LogP) is 4.68. The van der Waals surface area contributed by atoms with Crippen molar-refractivity contribution in [1.29, 1.82) is 0 Å². The van der Waals surface area contributed by atoms with Crippen LogP contribution in [0.2, 0.25) is 0 Å². The third-order valence-electron chi connectivity index (χ3n) is 7.33. The second kappa shape index (κ2) is 12.5. The van der Waals surface area contributed by atoms with Gasteiger partial charge in [0.1, 0.15) is 31.9 Å². The van der Waals surface area contributed by atoms with Crippen LogP contribution in [0.1, 0.15) is 5.56 Å². The Kier molecular flexibility index (Phi) is 8.95. The van der Waals surface area contributed by atoms with Crippen LogP contribution >= 0.6 is 0 Å². The number of aromatic hydroxyl groups is 1. The zero-order chi connectivity index (χ0) is 35.2. The van der Waals surface area contributed by atoms with E-state index in [0.717, 1.165) is 12.1 Å². The summed E-state index contributed by atoms with van der Waals surface area (Å²) >= 11 is 0. The fraction of sp³-hybridized carbons (Fsp3) is 0.103. The van der Waals surface area contributed by atoms with Crippen LogP contribution in [0.25, 0.3) is 21.5 Å². The van der Waals surface area contributed by atoms with E-state index in [2.05, 4.69) is 27.0 Å². The Balaban J connectivity index is 1.47. The molecule has 0 radical (unpaired) electrons. The van der Waals surface area contributed by atoms with E-state index in [1.165, 1.54) is 37.4 Å². The maximum atomic E-state index is 12.3. The van der Waals surface area contributed by atoms with E-state index in [1.54, 1.807) is 38.2 Å². The van der Waals surface area contributed by atoms with Gasteiger partial charge in [-0.25, -0.2) is 0 Å². The molecule has 0 amide bonds. The van der Waals surface area contributed by atoms with Crippen molar-refractivity contribution in [2.24, 2.45) is 0 Å². The number of fused-ring (bicyclic) bond motifs is 2. The lowest BCUT2D eigenvalue weighted by Gasteiger charge is -2.20. The largest absolute Gasteiger partial charge is 0.505 e. The van der Waals surface area contributed by atoms with Crippen molar-refractivity contribution < 1.29 is 48.8 Å². The lowest BCUT2D eigenvalue weighted by molar-refractivity contribution is 0.416. The Morgan fingerprint density at radius 3 is 1.92 bits per heavy atom. The first-order valence-corrected chi connectivity index (χ1v) is 17.9. The molecule has 16 nitrogen and oxygen atoms in total. The topological polar surface area (TPSA) is 253 Å². The van der Waals surface area contributed by atoms with Crippen LogP contribution in [-0.4, -0.2) is 58.2 Å². The first kappa shape index (κ1) is 34.3. The molecule has 48 heavy (non-hydrogen) atoms. The second-order valence-electron chi connectivity index (χ2n) is 10.4. The molecule has 0 heterocycles. The van der Waals surface area contributed by atoms with Gasteiger partial charge >= 0.3 is 0 Å². The van der Waals surface area contributed by atoms with Crippen molar-refractivity contribution in [2.45, 2.75) is 21.6 Å². The van der Waals surface area contributed by atoms with E-state index in [9.17, 15) is 44.0 Å². The molecule has 0 aromatic heterocycles. The minimum atomic E-state index is -4.84. The predicted molar refractivity (Wildman–Crippen MR) is 181 cm³/mol. The molecule has 5 aromatic rings. The SMILES string of the molecule is CNc1ccc2c(O)c(NNc3cc(C)c(NNc4cc(S(=O)(=O)O)c5cccc(S(=O)(=O)O)c5c4)cc3OC)c(S(=O)(=O)O)cc2c1. The van der Waals surface area contributed by atoms with Crippen LogP contribution < -0.4 is 31.8 Å². The smallest absolute Gasteiger partial charge is 0.296 e. The molecule has 0 fully saturated rings. The van der Waals surface area contributed by atoms with Gasteiger partial charge in [-0.3, -0.25) is 24.5 Å². The van der Waals surface area contributed by atoms with Gasteiger partial charge in [0, 0.05) is 35.0 Å². The number of hydrogen-bond acceptors (Lipinski definition) is 13. The standard InChI is InChI=1S/C29H29N5O11S3/c1-15-9-23(33-34-28-27(48(42,43)44)11-16-10-17(30-2)7-8-19(16)29(28)35)24(45-3)14-22(15)32-31-18-12-21-20(26(13-18)47(39,40)41)5-4-6-25(21)46(36,37)38/h4-14,30-35H,1-3H3,(H,36,37,38)(H,39,40,41)(H,42,43,44). The molecule has 9 N–H and O–H groups in total. The number of nitrogens with one attached hydrogen (secondary N) is 5. The third kappa shape index (κ3) is 6.81. The summed E-state index contributed by atoms with van der Waals surface area (Å²) in [5.41, 5.74) is 12.5. The number of hydrazine groups is 2. The van der Waals surface area contributed by atoms with Crippen molar-refractivity contribution >= 4 is 80.3 Å². The van der Waals surface area contributed by atoms with Gasteiger partial charge in [0.25, 0.3) is 30.4 Å². The molecule has 19 heteroatoms. The van der Waals surface area contributed by atoms with Crippen molar-refractivity contribution in [3.63, 3.8) is 0 Å². The summed E-state index contributed by atoms with van der Waals surface area (Å²) in [5, 5.41) is 14.2. The van der Waals surface area contributed by atoms with Crippen LogP contribution in [0.3, 0.4) is 0 Å². The Morgan fingerprint density at radius 2 is 1.29 bits per heavy atom. The summed E-state index contributed by atoms with van der Waals surface area (Å²) in [5.74, 6) is -0.263. The number of ether oxygens (including phenoxy) is 1. The summed E-state index contributed by atoms with van der Waals surface area (Å²) in [6.45, 7) is 1.67. The molecule has 0 bridgehead atoms. The molecule has 254 valence electrons. The maximum Gasteiger partial charge on any atom is 0.296 e. The average Bonchev–Trinajstić information content (AvgIpc) is 3.01. The molecule has 5 aromatic carbocycles. The normalized spacial score (nSPS) is 12.1. The molecule has 0 aliphatic heterocycles. The highest BCUT2D eigenvalue weighted by atomic mass is 32.2. The fourth-order valence-corrected chi connectivity index (χ4v) is 7.15. The quantitative estimate of drug-likeness (QED) is 0.0510. The summed E-state index contributed by atoms with van der Waals surface area (Å²) in [4.78, 5) is -1.78. The summed E-state index contributed by atoms with van der Waals surface area (Å²) in [6, 6.07) is 15.0. The van der Waals surface area contributed by atoms with Crippen LogP contribution in [0, 0.1) is 6.92 Å². The molecule has 0 unspecified atom stereocenters. The van der Waals surface area contributed by atoms with Gasteiger partial charge in [0.2, 0.25) is 0 Å². The lowest BCUT2D eigenvalue weighted by atomic mass is 10.1. The third-order valence-corrected chi connectivity index (χ3v) is 10.0. The van der Waals surface area contributed by atoms with Crippen LogP contribution in [0.5, 0.6) is 11.5 Å². The number of methoxy groups -OCH3 is 1. The Morgan fingerprint density at radius 1 is 0.625 bits per heavy atom. The van der Waals surface area contributed by atoms with Crippen LogP contribution in [0.15, 0.2) is 81.4 Å². The first-order chi connectivity index (χ1) is 22.4. The number of hydrogen-bond donors (Lipinski definition) is 9. The van der Waals surface area contributed by atoms with Gasteiger partial charge in [-0.1, -0.05) is 12.1 Å². The summed E-state index contributed by atoms with van der Waals surface area (Å²) in [6.07, 6.45) is 0. The van der Waals surface area contributed by atoms with Crippen molar-refractivity contribution in [2.75, 3.05) is 41.2 Å². The van der Waals surface area contributed by atoms with E-state index in [4.69, 9.17) is 4.74 Å². The van der Waals surface area contributed by atoms with E-state index >= 15 is 0 Å². The summed E-state index contributed by atoms with van der Waals surface area (Å²) < 4.78 is 108. The van der Waals surface area contributed by atoms with Crippen LogP contribution in [-0.2, 0) is 30.4 Å². The molecule has 0 saturated carbocycles. The van der Waals surface area contributed by atoms with Gasteiger partial charge in [0.15, 0.2) is 0 Å². The first-order valence-electron chi connectivity index (χ1n) is 13.6. The number of benzene rings is 5. The zero-order valence-corrected chi connectivity index (χ0v) is 27.7. The second-order valence-corrected chi connectivity index (χ2v) is 14.6. The van der Waals surface area contributed by atoms with Crippen LogP contribution in [0.4, 0.5) is 28.4 Å². The highest BCUT2D eigenvalue weighted by molar-refractivity contribution is 7.86. The van der Waals surface area contributed by atoms with E-state index in [1.807, 2.05) is 0 Å². The number of phenols is 1. The van der Waals surface area contributed by atoms with Gasteiger partial charge in [-0.2, -0.15) is 25.3 Å². The van der Waals surface area contributed by atoms with Gasteiger partial charge in [-0.15, -0.1) is 0 Å². The maximum absolute atomic E-state index is 12.3. The summed E-state index contributed by atoms with van der Waals surface area (Å²) in [7, 11) is -11.4. The van der Waals surface area contributed by atoms with Crippen molar-refractivity contribution in [3.8, 4) is 11.5 Å². The molecular weight excluding hydrogens is 691 g/mol. The molecule has 5 rings (SSSR count). The average molecular weight is 720 g/mol. The van der Waals surface area contributed by atoms with Crippen molar-refractivity contribution in [3.05, 3.63) is 72.3 Å². The van der Waals surface area contributed by atoms with Gasteiger partial charge < -0.3 is 26.0 Å². The van der Waals surface area contributed by atoms with E-state index in [-0.39, 0.29) is 33.6 Å². The van der Waals surface area contributed by atoms with Gasteiger partial charge in [0.05, 0.1) is 24.2 Å². The molecule has 0 saturated heterocycles. The number of phenolic OH excluding ortho intramolecular Hbond substituents is 1. The number of aryl methyl sites for hydroxylation is 1. The Bertz CT molecular complexity index is 2440. The highest BCUT2D eigenvalue weighted by Gasteiger charge is 2.24. The molecular formula is C29H29N5O11S3. The monoisotopic (exact) mass is 719 g/mol. The fourth-order valence-electron chi connectivity index (χ4n) is 5.04. The molecule has 0 aliphatic rings. The Hall–Kier alpha value is -5.05. The van der Waals surface area contributed by atoms with E-state index in [0.29, 0.717) is 27.7 Å². The number of rotatable bonds is 11. The Labute approximate surface area is 274 Å². The highest BCUT2D eigenvalue weighted by Crippen LogP contribution is 2.40. The van der Waals surface area contributed by atoms with Crippen molar-refractivity contribution in [1.82, 2.24) is 0 Å². The number of anilines is 5. The molecule has 0 atom stereocenters. The minimum absolute atomic E-state index is 0.000166. The molecule has 0 aliphatic carbocycles. The minimum Gasteiger partial charge on any atom is -0.505 e. The van der Waals surface area contributed by atoms with Gasteiger partial charge in [-0.05, 0) is 66.4 Å². The lowest BCUT2D eigenvalue weighted by Crippen LogP contribution is -2.15.